The van der Waals surface area contributed by atoms with Crippen LogP contribution in [0.2, 0.25) is 0 Å². The molecule has 0 aliphatic carbocycles. The van der Waals surface area contributed by atoms with E-state index in [1.807, 2.05) is 25.3 Å². The van der Waals surface area contributed by atoms with Gasteiger partial charge in [-0.05, 0) is 23.4 Å². The predicted octanol–water partition coefficient (Wildman–Crippen LogP) is 4.09. The van der Waals surface area contributed by atoms with Gasteiger partial charge in [0.05, 0.1) is 4.91 Å². The van der Waals surface area contributed by atoms with Crippen LogP contribution in [0.1, 0.15) is 30.7 Å². The lowest BCUT2D eigenvalue weighted by Crippen LogP contribution is -1.96. The number of carboxylic acids is 2. The third-order valence-electron chi connectivity index (χ3n) is 2.04. The number of hydrogen-bond donors (Lipinski definition) is 2. The molecule has 0 atom stereocenters. The summed E-state index contributed by atoms with van der Waals surface area (Å²) in [5.41, 5.74) is 0.917. The van der Waals surface area contributed by atoms with Crippen molar-refractivity contribution in [3.8, 4) is 0 Å². The van der Waals surface area contributed by atoms with Crippen molar-refractivity contribution in [1.82, 2.24) is 0 Å². The number of aliphatic carboxylic acids is 2. The molecule has 4 nitrogen and oxygen atoms in total. The molecule has 20 heavy (non-hydrogen) atoms. The topological polar surface area (TPSA) is 74.6 Å². The van der Waals surface area contributed by atoms with Crippen molar-refractivity contribution >= 4 is 39.9 Å². The van der Waals surface area contributed by atoms with Crippen LogP contribution in [0.5, 0.6) is 0 Å². The van der Waals surface area contributed by atoms with Crippen LogP contribution in [0.15, 0.2) is 29.5 Å². The van der Waals surface area contributed by atoms with Gasteiger partial charge in [-0.2, -0.15) is 0 Å². The number of carboxylic acid groups (broad SMARTS) is 2. The lowest BCUT2D eigenvalue weighted by molar-refractivity contribution is -0.137. The van der Waals surface area contributed by atoms with Crippen LogP contribution in [0.3, 0.4) is 0 Å². The second-order valence-corrected chi connectivity index (χ2v) is 5.57. The second-order valence-electron chi connectivity index (χ2n) is 3.47. The fourth-order valence-corrected chi connectivity index (χ4v) is 2.78. The van der Waals surface area contributed by atoms with E-state index in [9.17, 15) is 9.59 Å². The molecule has 0 fully saturated rings. The Bertz CT molecular complexity index is 503. The Hall–Kier alpha value is -1.53. The molecule has 0 saturated heterocycles. The molecular formula is C14H18O4S2. The van der Waals surface area contributed by atoms with Crippen LogP contribution >= 0.6 is 23.1 Å². The van der Waals surface area contributed by atoms with E-state index >= 15 is 0 Å². The van der Waals surface area contributed by atoms with E-state index in [0.717, 1.165) is 22.2 Å². The van der Waals surface area contributed by atoms with Crippen LogP contribution in [-0.2, 0) is 16.0 Å². The molecule has 0 radical (unpaired) electrons. The third-order valence-corrected chi connectivity index (χ3v) is 4.10. The highest BCUT2D eigenvalue weighted by Crippen LogP contribution is 2.34. The number of aryl methyl sites for hydroxylation is 1. The van der Waals surface area contributed by atoms with E-state index in [1.54, 1.807) is 0 Å². The lowest BCUT2D eigenvalue weighted by atomic mass is 10.2. The highest BCUT2D eigenvalue weighted by atomic mass is 32.2. The van der Waals surface area contributed by atoms with Crippen molar-refractivity contribution in [2.75, 3.05) is 0 Å². The van der Waals surface area contributed by atoms with E-state index in [4.69, 9.17) is 10.2 Å². The largest absolute Gasteiger partial charge is 0.481 e. The Morgan fingerprint density at radius 1 is 1.30 bits per heavy atom. The fourth-order valence-electron chi connectivity index (χ4n) is 1.15. The summed E-state index contributed by atoms with van der Waals surface area (Å²) in [4.78, 5) is 22.5. The Morgan fingerprint density at radius 2 is 1.90 bits per heavy atom. The molecule has 0 aliphatic heterocycles. The maximum absolute atomic E-state index is 10.6. The van der Waals surface area contributed by atoms with E-state index < -0.39 is 11.9 Å². The summed E-state index contributed by atoms with van der Waals surface area (Å²) in [5.74, 6) is -1.90. The molecule has 0 aromatic carbocycles. The normalized spacial score (nSPS) is 9.30. The smallest absolute Gasteiger partial charge is 0.341 e. The summed E-state index contributed by atoms with van der Waals surface area (Å²) < 4.78 is 0. The molecule has 1 heterocycles. The van der Waals surface area contributed by atoms with E-state index in [1.165, 1.54) is 11.3 Å². The maximum Gasteiger partial charge on any atom is 0.341 e. The van der Waals surface area contributed by atoms with Gasteiger partial charge in [0, 0.05) is 16.2 Å². The van der Waals surface area contributed by atoms with Crippen molar-refractivity contribution in [2.45, 2.75) is 26.7 Å². The molecule has 0 unspecified atom stereocenters. The number of hydrogen-bond acceptors (Lipinski definition) is 4. The fraction of sp³-hybridized carbons (Fsp3) is 0.286. The highest BCUT2D eigenvalue weighted by Gasteiger charge is 2.11. The summed E-state index contributed by atoms with van der Waals surface area (Å²) in [5, 5.41) is 19.1. The van der Waals surface area contributed by atoms with Gasteiger partial charge < -0.3 is 10.2 Å². The first-order chi connectivity index (χ1) is 9.40. The van der Waals surface area contributed by atoms with Crippen LogP contribution < -0.4 is 0 Å². The molecule has 0 saturated carbocycles. The van der Waals surface area contributed by atoms with Crippen molar-refractivity contribution in [2.24, 2.45) is 0 Å². The molecule has 0 aliphatic rings. The predicted molar refractivity (Wildman–Crippen MR) is 85.0 cm³/mol. The first-order valence-corrected chi connectivity index (χ1v) is 7.68. The van der Waals surface area contributed by atoms with Gasteiger partial charge in [-0.15, -0.1) is 11.3 Å². The molecule has 0 spiro atoms. The Kier molecular flexibility index (Phi) is 8.67. The first kappa shape index (κ1) is 18.5. The molecule has 2 N–H and O–H groups in total. The first-order valence-electron chi connectivity index (χ1n) is 5.98. The minimum atomic E-state index is -1.07. The number of thioether (sulfide) groups is 1. The molecule has 110 valence electrons. The van der Waals surface area contributed by atoms with Crippen molar-refractivity contribution in [3.05, 3.63) is 40.0 Å². The maximum atomic E-state index is 10.6. The zero-order valence-electron chi connectivity index (χ0n) is 11.5. The molecule has 1 rings (SSSR count). The third kappa shape index (κ3) is 6.58. The van der Waals surface area contributed by atoms with Gasteiger partial charge >= 0.3 is 11.9 Å². The lowest BCUT2D eigenvalue weighted by Gasteiger charge is -2.01. The SMILES string of the molecule is C=C(SC(=C)c1cc(CCC(=O)O)cs1)C(=O)O.CC. The average Bonchev–Trinajstić information content (AvgIpc) is 2.87. The average molecular weight is 314 g/mol. The summed E-state index contributed by atoms with van der Waals surface area (Å²) in [6.07, 6.45) is 0.543. The number of thiophene rings is 1. The summed E-state index contributed by atoms with van der Waals surface area (Å²) in [6.45, 7) is 11.2. The zero-order valence-corrected chi connectivity index (χ0v) is 13.1. The van der Waals surface area contributed by atoms with Crippen molar-refractivity contribution < 1.29 is 19.8 Å². The van der Waals surface area contributed by atoms with Gasteiger partial charge in [0.1, 0.15) is 0 Å². The highest BCUT2D eigenvalue weighted by molar-refractivity contribution is 8.12. The Balaban J connectivity index is 0.00000172. The molecule has 6 heteroatoms. The van der Waals surface area contributed by atoms with Gasteiger partial charge in [-0.3, -0.25) is 4.79 Å². The Labute approximate surface area is 126 Å². The zero-order chi connectivity index (χ0) is 15.7. The van der Waals surface area contributed by atoms with Gasteiger partial charge in [0.25, 0.3) is 0 Å². The van der Waals surface area contributed by atoms with Crippen molar-refractivity contribution in [1.29, 1.82) is 0 Å². The van der Waals surface area contributed by atoms with Crippen molar-refractivity contribution in [3.63, 3.8) is 0 Å². The molecule has 1 aromatic heterocycles. The van der Waals surface area contributed by atoms with Gasteiger partial charge in [-0.1, -0.05) is 38.8 Å². The number of rotatable bonds is 7. The van der Waals surface area contributed by atoms with Gasteiger partial charge in [0.2, 0.25) is 0 Å². The standard InChI is InChI=1S/C12H12O4S2.C2H6/c1-7(18-8(2)12(15)16)10-5-9(6-17-10)3-4-11(13)14;1-2/h5-6H,1-4H2,(H,13,14)(H,15,16);1-2H3. The quantitative estimate of drug-likeness (QED) is 0.741. The summed E-state index contributed by atoms with van der Waals surface area (Å²) >= 11 is 2.42. The Morgan fingerprint density at radius 3 is 2.40 bits per heavy atom. The minimum Gasteiger partial charge on any atom is -0.481 e. The molecule has 1 aromatic rings. The van der Waals surface area contributed by atoms with Gasteiger partial charge in [-0.25, -0.2) is 4.79 Å². The number of carbonyl (C=O) groups is 2. The van der Waals surface area contributed by atoms with Crippen LogP contribution in [0.4, 0.5) is 0 Å². The second kappa shape index (κ2) is 9.39. The monoisotopic (exact) mass is 314 g/mol. The van der Waals surface area contributed by atoms with E-state index in [2.05, 4.69) is 13.2 Å². The van der Waals surface area contributed by atoms with E-state index in [-0.39, 0.29) is 11.3 Å². The molecule has 0 amide bonds. The minimum absolute atomic E-state index is 0.0143. The van der Waals surface area contributed by atoms with Crippen LogP contribution in [0, 0.1) is 0 Å². The van der Waals surface area contributed by atoms with E-state index in [0.29, 0.717) is 11.3 Å². The molecule has 0 bridgehead atoms. The van der Waals surface area contributed by atoms with Gasteiger partial charge in [0.15, 0.2) is 0 Å². The van der Waals surface area contributed by atoms with Crippen LogP contribution in [-0.4, -0.2) is 22.2 Å². The summed E-state index contributed by atoms with van der Waals surface area (Å²) in [7, 11) is 0. The summed E-state index contributed by atoms with van der Waals surface area (Å²) in [6, 6.07) is 1.83. The molecular weight excluding hydrogens is 296 g/mol. The van der Waals surface area contributed by atoms with Crippen LogP contribution in [0.25, 0.3) is 4.91 Å².